The lowest BCUT2D eigenvalue weighted by Gasteiger charge is -1.95. The van der Waals surface area contributed by atoms with Gasteiger partial charge in [-0.05, 0) is 29.4 Å². The van der Waals surface area contributed by atoms with Crippen LogP contribution in [0.2, 0.25) is 0 Å². The van der Waals surface area contributed by atoms with Crippen LogP contribution in [0.1, 0.15) is 0 Å². The molecule has 0 saturated carbocycles. The summed E-state index contributed by atoms with van der Waals surface area (Å²) < 4.78 is 0. The van der Waals surface area contributed by atoms with Crippen molar-refractivity contribution in [2.75, 3.05) is 0 Å². The number of H-pyrrole nitrogens is 1. The maximum Gasteiger partial charge on any atom is 0.137 e. The van der Waals surface area contributed by atoms with Gasteiger partial charge in [0.2, 0.25) is 0 Å². The monoisotopic (exact) mass is 173 g/mol. The van der Waals surface area contributed by atoms with Gasteiger partial charge in [0, 0.05) is 18.0 Å². The molecule has 0 atom stereocenters. The number of rotatable bonds is 2. The highest BCUT2D eigenvalue weighted by Gasteiger charge is 1.98. The van der Waals surface area contributed by atoms with Gasteiger partial charge >= 0.3 is 0 Å². The van der Waals surface area contributed by atoms with Crippen LogP contribution in [0.4, 0.5) is 5.69 Å². The molecule has 13 heavy (non-hydrogen) atoms. The van der Waals surface area contributed by atoms with Gasteiger partial charge in [0.1, 0.15) is 11.5 Å². The standard InChI is InChI=1S/C9H7N3O/c13-12-8-3-1-7(2-4-8)9-10-5-6-11-9/h1-6H,(H,10,11). The number of nitrogens with one attached hydrogen (secondary N) is 1. The average molecular weight is 173 g/mol. The van der Waals surface area contributed by atoms with Crippen LogP contribution in [0.3, 0.4) is 0 Å². The quantitative estimate of drug-likeness (QED) is 0.709. The van der Waals surface area contributed by atoms with Crippen molar-refractivity contribution in [3.05, 3.63) is 41.6 Å². The number of nitroso groups, excluding NO2 is 1. The van der Waals surface area contributed by atoms with Crippen LogP contribution in [0.15, 0.2) is 41.8 Å². The molecular formula is C9H7N3O. The number of nitrogens with zero attached hydrogens (tertiary/aromatic N) is 2. The Hall–Kier alpha value is -1.97. The maximum absolute atomic E-state index is 10.1. The second kappa shape index (κ2) is 3.18. The molecule has 2 aromatic rings. The highest BCUT2D eigenvalue weighted by atomic mass is 16.3. The molecule has 0 unspecified atom stereocenters. The van der Waals surface area contributed by atoms with Crippen molar-refractivity contribution in [3.8, 4) is 11.4 Å². The van der Waals surface area contributed by atoms with Gasteiger partial charge in [-0.25, -0.2) is 4.98 Å². The van der Waals surface area contributed by atoms with Gasteiger partial charge in [0.05, 0.1) is 0 Å². The van der Waals surface area contributed by atoms with Crippen LogP contribution in [0.5, 0.6) is 0 Å². The first-order valence-electron chi connectivity index (χ1n) is 3.83. The summed E-state index contributed by atoms with van der Waals surface area (Å²) in [6, 6.07) is 6.92. The normalized spacial score (nSPS) is 9.85. The molecule has 4 heteroatoms. The number of hydrogen-bond acceptors (Lipinski definition) is 3. The average Bonchev–Trinajstić information content (AvgIpc) is 2.71. The Morgan fingerprint density at radius 3 is 2.54 bits per heavy atom. The lowest BCUT2D eigenvalue weighted by molar-refractivity contribution is 1.31. The predicted octanol–water partition coefficient (Wildman–Crippen LogP) is 2.47. The zero-order valence-electron chi connectivity index (χ0n) is 6.77. The second-order valence-electron chi connectivity index (χ2n) is 2.58. The summed E-state index contributed by atoms with van der Waals surface area (Å²) in [5.41, 5.74) is 1.37. The summed E-state index contributed by atoms with van der Waals surface area (Å²) in [5, 5.41) is 2.81. The third-order valence-corrected chi connectivity index (χ3v) is 1.74. The Morgan fingerprint density at radius 2 is 2.00 bits per heavy atom. The van der Waals surface area contributed by atoms with Gasteiger partial charge in [-0.1, -0.05) is 0 Å². The third kappa shape index (κ3) is 1.46. The lowest BCUT2D eigenvalue weighted by atomic mass is 10.2. The predicted molar refractivity (Wildman–Crippen MR) is 49.5 cm³/mol. The molecule has 0 aliphatic carbocycles. The molecule has 0 bridgehead atoms. The Balaban J connectivity index is 2.38. The molecule has 0 saturated heterocycles. The SMILES string of the molecule is O=Nc1ccc(-c2ncc[nH]2)cc1. The zero-order chi connectivity index (χ0) is 9.10. The van der Waals surface area contributed by atoms with E-state index in [4.69, 9.17) is 0 Å². The Kier molecular flexibility index (Phi) is 1.88. The first kappa shape index (κ1) is 7.67. The largest absolute Gasteiger partial charge is 0.345 e. The van der Waals surface area contributed by atoms with Crippen molar-refractivity contribution in [2.24, 2.45) is 5.18 Å². The van der Waals surface area contributed by atoms with E-state index in [1.807, 2.05) is 0 Å². The fourth-order valence-electron chi connectivity index (χ4n) is 1.10. The van der Waals surface area contributed by atoms with E-state index < -0.39 is 0 Å². The maximum atomic E-state index is 10.1. The van der Waals surface area contributed by atoms with E-state index in [-0.39, 0.29) is 0 Å². The second-order valence-corrected chi connectivity index (χ2v) is 2.58. The van der Waals surface area contributed by atoms with Gasteiger partial charge < -0.3 is 4.98 Å². The van der Waals surface area contributed by atoms with E-state index in [9.17, 15) is 4.91 Å². The van der Waals surface area contributed by atoms with E-state index in [1.54, 1.807) is 36.7 Å². The summed E-state index contributed by atoms with van der Waals surface area (Å²) >= 11 is 0. The Morgan fingerprint density at radius 1 is 1.23 bits per heavy atom. The van der Waals surface area contributed by atoms with Crippen LogP contribution < -0.4 is 0 Å². The molecule has 0 spiro atoms. The van der Waals surface area contributed by atoms with E-state index in [1.165, 1.54) is 0 Å². The van der Waals surface area contributed by atoms with Crippen LogP contribution in [0, 0.1) is 4.91 Å². The summed E-state index contributed by atoms with van der Waals surface area (Å²) in [6.07, 6.45) is 3.43. The molecule has 0 aliphatic rings. The van der Waals surface area contributed by atoms with Crippen LogP contribution in [-0.2, 0) is 0 Å². The summed E-state index contributed by atoms with van der Waals surface area (Å²) in [7, 11) is 0. The van der Waals surface area contributed by atoms with E-state index in [2.05, 4.69) is 15.1 Å². The fraction of sp³-hybridized carbons (Fsp3) is 0. The molecule has 1 aromatic heterocycles. The smallest absolute Gasteiger partial charge is 0.137 e. The molecule has 2 rings (SSSR count). The first-order valence-corrected chi connectivity index (χ1v) is 3.83. The number of aromatic nitrogens is 2. The number of benzene rings is 1. The zero-order valence-corrected chi connectivity index (χ0v) is 6.77. The summed E-state index contributed by atoms with van der Waals surface area (Å²) in [5.74, 6) is 0.789. The minimum Gasteiger partial charge on any atom is -0.345 e. The number of imidazole rings is 1. The highest BCUT2D eigenvalue weighted by molar-refractivity contribution is 5.58. The molecule has 4 nitrogen and oxygen atoms in total. The molecular weight excluding hydrogens is 166 g/mol. The Labute approximate surface area is 74.6 Å². The molecule has 0 fully saturated rings. The lowest BCUT2D eigenvalue weighted by Crippen LogP contribution is -1.78. The Bertz CT molecular complexity index is 391. The molecule has 0 amide bonds. The van der Waals surface area contributed by atoms with Gasteiger partial charge in [0.15, 0.2) is 0 Å². The van der Waals surface area contributed by atoms with Crippen molar-refractivity contribution in [1.82, 2.24) is 9.97 Å². The van der Waals surface area contributed by atoms with Crippen LogP contribution >= 0.6 is 0 Å². The molecule has 0 radical (unpaired) electrons. The van der Waals surface area contributed by atoms with Gasteiger partial charge in [-0.3, -0.25) is 0 Å². The first-order chi connectivity index (χ1) is 6.40. The minimum absolute atomic E-state index is 0.426. The van der Waals surface area contributed by atoms with Crippen LogP contribution in [0.25, 0.3) is 11.4 Å². The van der Waals surface area contributed by atoms with Gasteiger partial charge in [-0.15, -0.1) is 4.91 Å². The van der Waals surface area contributed by atoms with E-state index in [0.29, 0.717) is 5.69 Å². The molecule has 64 valence electrons. The third-order valence-electron chi connectivity index (χ3n) is 1.74. The van der Waals surface area contributed by atoms with Crippen LogP contribution in [-0.4, -0.2) is 9.97 Å². The highest BCUT2D eigenvalue weighted by Crippen LogP contribution is 2.18. The molecule has 0 aliphatic heterocycles. The topological polar surface area (TPSA) is 58.1 Å². The molecule has 1 heterocycles. The van der Waals surface area contributed by atoms with Crippen molar-refractivity contribution < 1.29 is 0 Å². The molecule has 1 N–H and O–H groups in total. The number of aromatic amines is 1. The van der Waals surface area contributed by atoms with Crippen molar-refractivity contribution in [1.29, 1.82) is 0 Å². The van der Waals surface area contributed by atoms with Crippen molar-refractivity contribution in [3.63, 3.8) is 0 Å². The van der Waals surface area contributed by atoms with Gasteiger partial charge in [-0.2, -0.15) is 0 Å². The van der Waals surface area contributed by atoms with Gasteiger partial charge in [0.25, 0.3) is 0 Å². The van der Waals surface area contributed by atoms with E-state index in [0.717, 1.165) is 11.4 Å². The van der Waals surface area contributed by atoms with Crippen molar-refractivity contribution in [2.45, 2.75) is 0 Å². The summed E-state index contributed by atoms with van der Waals surface area (Å²) in [6.45, 7) is 0. The minimum atomic E-state index is 0.426. The molecule has 1 aromatic carbocycles. The number of hydrogen-bond donors (Lipinski definition) is 1. The van der Waals surface area contributed by atoms with Crippen molar-refractivity contribution >= 4 is 5.69 Å². The fourth-order valence-corrected chi connectivity index (χ4v) is 1.10. The van der Waals surface area contributed by atoms with E-state index >= 15 is 0 Å². The summed E-state index contributed by atoms with van der Waals surface area (Å²) in [4.78, 5) is 17.2.